The van der Waals surface area contributed by atoms with Crippen molar-refractivity contribution in [3.05, 3.63) is 35.9 Å². The maximum absolute atomic E-state index is 12.7. The molecule has 1 N–H and O–H groups in total. The van der Waals surface area contributed by atoms with Crippen LogP contribution < -0.4 is 0 Å². The van der Waals surface area contributed by atoms with Crippen molar-refractivity contribution in [3.8, 4) is 0 Å². The predicted molar refractivity (Wildman–Crippen MR) is 99.7 cm³/mol. The molecule has 0 saturated carbocycles. The summed E-state index contributed by atoms with van der Waals surface area (Å²) in [6.45, 7) is 5.64. The van der Waals surface area contributed by atoms with Crippen molar-refractivity contribution in [2.45, 2.75) is 70.2 Å². The fourth-order valence-electron chi connectivity index (χ4n) is 4.21. The molecule has 0 aliphatic carbocycles. The van der Waals surface area contributed by atoms with Gasteiger partial charge in [0.2, 0.25) is 0 Å². The molecule has 144 valence electrons. The monoisotopic (exact) mass is 361 g/mol. The summed E-state index contributed by atoms with van der Waals surface area (Å²) < 4.78 is 11.2. The van der Waals surface area contributed by atoms with Gasteiger partial charge in [-0.3, -0.25) is 4.90 Å². The van der Waals surface area contributed by atoms with E-state index in [1.54, 1.807) is 0 Å². The molecule has 2 unspecified atom stereocenters. The van der Waals surface area contributed by atoms with Crippen LogP contribution in [0.3, 0.4) is 0 Å². The van der Waals surface area contributed by atoms with Gasteiger partial charge in [0.25, 0.3) is 0 Å². The molecule has 1 aromatic carbocycles. The Morgan fingerprint density at radius 3 is 2.54 bits per heavy atom. The van der Waals surface area contributed by atoms with Crippen LogP contribution in [0.2, 0.25) is 0 Å². The Balaban J connectivity index is 1.58. The van der Waals surface area contributed by atoms with Crippen LogP contribution >= 0.6 is 0 Å². The zero-order chi connectivity index (χ0) is 18.6. The molecule has 5 heteroatoms. The van der Waals surface area contributed by atoms with E-state index in [0.717, 1.165) is 24.8 Å². The van der Waals surface area contributed by atoms with E-state index in [4.69, 9.17) is 9.47 Å². The van der Waals surface area contributed by atoms with Gasteiger partial charge in [-0.15, -0.1) is 0 Å². The second-order valence-corrected chi connectivity index (χ2v) is 8.21. The summed E-state index contributed by atoms with van der Waals surface area (Å²) in [5, 5.41) is 11.1. The molecule has 2 heterocycles. The number of carbonyl (C=O) groups excluding carboxylic acids is 1. The highest BCUT2D eigenvalue weighted by molar-refractivity contribution is 5.69. The van der Waals surface area contributed by atoms with E-state index in [1.807, 2.05) is 35.2 Å². The van der Waals surface area contributed by atoms with Gasteiger partial charge in [0, 0.05) is 0 Å². The van der Waals surface area contributed by atoms with Gasteiger partial charge in [-0.05, 0) is 30.7 Å². The molecule has 0 radical (unpaired) electrons. The Morgan fingerprint density at radius 1 is 1.27 bits per heavy atom. The first-order valence-electron chi connectivity index (χ1n) is 9.76. The number of fused-ring (bicyclic) bond motifs is 2. The molecule has 5 nitrogen and oxygen atoms in total. The molecule has 3 rings (SSSR count). The second-order valence-electron chi connectivity index (χ2n) is 8.21. The molecule has 2 atom stereocenters. The molecule has 2 aliphatic heterocycles. The number of carbonyl (C=O) groups is 1. The first-order chi connectivity index (χ1) is 12.5. The first-order valence-corrected chi connectivity index (χ1v) is 9.76. The van der Waals surface area contributed by atoms with Crippen molar-refractivity contribution < 1.29 is 19.4 Å². The quantitative estimate of drug-likeness (QED) is 0.838. The van der Waals surface area contributed by atoms with Crippen molar-refractivity contribution >= 4 is 6.09 Å². The molecular weight excluding hydrogens is 330 g/mol. The minimum atomic E-state index is -0.690. The highest BCUT2D eigenvalue weighted by Gasteiger charge is 2.48. The summed E-state index contributed by atoms with van der Waals surface area (Å²) in [6.07, 6.45) is 3.79. The van der Waals surface area contributed by atoms with E-state index in [1.165, 1.54) is 0 Å². The van der Waals surface area contributed by atoms with Crippen molar-refractivity contribution in [2.75, 3.05) is 13.2 Å². The van der Waals surface area contributed by atoms with E-state index < -0.39 is 5.60 Å². The Hall–Kier alpha value is -1.59. The number of nitrogens with zero attached hydrogens (tertiary/aromatic N) is 1. The average Bonchev–Trinajstić information content (AvgIpc) is 2.59. The van der Waals surface area contributed by atoms with Crippen LogP contribution in [-0.4, -0.2) is 47.0 Å². The van der Waals surface area contributed by atoms with Crippen LogP contribution in [-0.2, 0) is 16.1 Å². The van der Waals surface area contributed by atoms with Crippen LogP contribution in [0.1, 0.15) is 51.5 Å². The highest BCUT2D eigenvalue weighted by Crippen LogP contribution is 2.38. The number of morpholine rings is 1. The zero-order valence-electron chi connectivity index (χ0n) is 15.9. The van der Waals surface area contributed by atoms with Gasteiger partial charge in [0.15, 0.2) is 0 Å². The van der Waals surface area contributed by atoms with Crippen LogP contribution in [0.5, 0.6) is 0 Å². The molecule has 2 fully saturated rings. The Labute approximate surface area is 156 Å². The van der Waals surface area contributed by atoms with E-state index in [2.05, 4.69) is 13.8 Å². The van der Waals surface area contributed by atoms with Crippen molar-refractivity contribution in [2.24, 2.45) is 5.92 Å². The van der Waals surface area contributed by atoms with Crippen molar-refractivity contribution in [1.29, 1.82) is 0 Å². The molecule has 1 aromatic rings. The second kappa shape index (κ2) is 8.40. The minimum Gasteiger partial charge on any atom is -0.445 e. The normalized spacial score (nSPS) is 28.2. The third kappa shape index (κ3) is 4.77. The summed E-state index contributed by atoms with van der Waals surface area (Å²) in [7, 11) is 0. The number of amides is 1. The van der Waals surface area contributed by atoms with Crippen LogP contribution in [0.25, 0.3) is 0 Å². The number of benzene rings is 1. The number of ether oxygens (including phenoxy) is 2. The summed E-state index contributed by atoms with van der Waals surface area (Å²) in [5.41, 5.74) is 0.286. The fourth-order valence-corrected chi connectivity index (χ4v) is 4.21. The van der Waals surface area contributed by atoms with Crippen LogP contribution in [0.4, 0.5) is 4.79 Å². The smallest absolute Gasteiger partial charge is 0.410 e. The molecule has 2 bridgehead atoms. The van der Waals surface area contributed by atoms with Gasteiger partial charge in [0.05, 0.1) is 30.9 Å². The maximum Gasteiger partial charge on any atom is 0.410 e. The Morgan fingerprint density at radius 2 is 1.92 bits per heavy atom. The first kappa shape index (κ1) is 19.2. The van der Waals surface area contributed by atoms with E-state index in [0.29, 0.717) is 32.0 Å². The van der Waals surface area contributed by atoms with E-state index in [9.17, 15) is 9.90 Å². The number of hydrogen-bond acceptors (Lipinski definition) is 4. The zero-order valence-corrected chi connectivity index (χ0v) is 15.9. The number of hydrogen-bond donors (Lipinski definition) is 1. The lowest BCUT2D eigenvalue weighted by Crippen LogP contribution is -2.63. The van der Waals surface area contributed by atoms with Gasteiger partial charge >= 0.3 is 6.09 Å². The van der Waals surface area contributed by atoms with Crippen molar-refractivity contribution in [1.82, 2.24) is 4.90 Å². The van der Waals surface area contributed by atoms with Gasteiger partial charge in [-0.25, -0.2) is 4.79 Å². The van der Waals surface area contributed by atoms with Gasteiger partial charge in [-0.1, -0.05) is 57.0 Å². The van der Waals surface area contributed by atoms with Gasteiger partial charge < -0.3 is 14.6 Å². The fraction of sp³-hybridized carbons (Fsp3) is 0.667. The molecule has 1 amide bonds. The number of aliphatic hydroxyl groups is 1. The molecule has 26 heavy (non-hydrogen) atoms. The lowest BCUT2D eigenvalue weighted by atomic mass is 9.78. The molecule has 0 aromatic heterocycles. The lowest BCUT2D eigenvalue weighted by molar-refractivity contribution is -0.136. The van der Waals surface area contributed by atoms with E-state index in [-0.39, 0.29) is 24.8 Å². The van der Waals surface area contributed by atoms with Gasteiger partial charge in [-0.2, -0.15) is 0 Å². The van der Waals surface area contributed by atoms with Crippen LogP contribution in [0, 0.1) is 5.92 Å². The largest absolute Gasteiger partial charge is 0.445 e. The maximum atomic E-state index is 12.7. The predicted octanol–water partition coefficient (Wildman–Crippen LogP) is 3.74. The average molecular weight is 361 g/mol. The van der Waals surface area contributed by atoms with E-state index >= 15 is 0 Å². The summed E-state index contributed by atoms with van der Waals surface area (Å²) in [4.78, 5) is 14.5. The lowest BCUT2D eigenvalue weighted by Gasteiger charge is -2.51. The molecular formula is C21H31NO4. The molecule has 0 spiro atoms. The Bertz CT molecular complexity index is 575. The minimum absolute atomic E-state index is 0.102. The number of piperidine rings is 1. The SMILES string of the molecule is CC(C)CCCC1(O)CC2COCC(C1)N2C(=O)OCc1ccccc1. The van der Waals surface area contributed by atoms with Gasteiger partial charge in [0.1, 0.15) is 6.61 Å². The number of rotatable bonds is 6. The topological polar surface area (TPSA) is 59.0 Å². The highest BCUT2D eigenvalue weighted by atomic mass is 16.6. The third-order valence-corrected chi connectivity index (χ3v) is 5.48. The van der Waals surface area contributed by atoms with Crippen LogP contribution in [0.15, 0.2) is 30.3 Å². The Kier molecular flexibility index (Phi) is 6.20. The molecule has 2 aliphatic rings. The summed E-state index contributed by atoms with van der Waals surface area (Å²) in [6, 6.07) is 9.50. The standard InChI is InChI=1S/C21H31NO4/c1-16(2)7-6-10-21(24)11-18-14-25-15-19(12-21)22(18)20(23)26-13-17-8-4-3-5-9-17/h3-5,8-9,16,18-19,24H,6-7,10-15H2,1-2H3. The summed E-state index contributed by atoms with van der Waals surface area (Å²) >= 11 is 0. The van der Waals surface area contributed by atoms with Crippen molar-refractivity contribution in [3.63, 3.8) is 0 Å². The third-order valence-electron chi connectivity index (χ3n) is 5.48. The summed E-state index contributed by atoms with van der Waals surface area (Å²) in [5.74, 6) is 0.648. The molecule has 2 saturated heterocycles.